The van der Waals surface area contributed by atoms with Crippen molar-refractivity contribution in [3.63, 3.8) is 0 Å². The van der Waals surface area contributed by atoms with Crippen molar-refractivity contribution in [2.24, 2.45) is 0 Å². The number of hydrogen-bond acceptors (Lipinski definition) is 6. The minimum Gasteiger partial charge on any atom is -0.496 e. The summed E-state index contributed by atoms with van der Waals surface area (Å²) in [6, 6.07) is 16.5. The molecular formula is C26H32N4O3. The Morgan fingerprint density at radius 1 is 1.06 bits per heavy atom. The molecule has 7 heteroatoms. The van der Waals surface area contributed by atoms with Crippen LogP contribution in [0.2, 0.25) is 0 Å². The monoisotopic (exact) mass is 448 g/mol. The summed E-state index contributed by atoms with van der Waals surface area (Å²) in [7, 11) is 1.67. The minimum atomic E-state index is 0.0165. The number of ether oxygens (including phenoxy) is 1. The van der Waals surface area contributed by atoms with Crippen LogP contribution in [-0.2, 0) is 30.5 Å². The molecule has 0 fully saturated rings. The molecule has 7 nitrogen and oxygen atoms in total. The third-order valence-electron chi connectivity index (χ3n) is 6.01. The molecule has 0 radical (unpaired) electrons. The first-order valence-electron chi connectivity index (χ1n) is 11.8. The highest BCUT2D eigenvalue weighted by Crippen LogP contribution is 2.26. The molecule has 33 heavy (non-hydrogen) atoms. The molecule has 0 saturated carbocycles. The second-order valence-electron chi connectivity index (χ2n) is 8.32. The Kier molecular flexibility index (Phi) is 7.95. The summed E-state index contributed by atoms with van der Waals surface area (Å²) in [6.07, 6.45) is 5.46. The predicted octanol–water partition coefficient (Wildman–Crippen LogP) is 3.76. The lowest BCUT2D eigenvalue weighted by Crippen LogP contribution is -2.33. The topological polar surface area (TPSA) is 80.5 Å². The third-order valence-corrected chi connectivity index (χ3v) is 6.01. The van der Waals surface area contributed by atoms with Crippen LogP contribution in [0.3, 0.4) is 0 Å². The van der Waals surface area contributed by atoms with Crippen molar-refractivity contribution in [3.05, 3.63) is 71.4 Å². The van der Waals surface area contributed by atoms with Crippen LogP contribution in [0.25, 0.3) is 0 Å². The summed E-state index contributed by atoms with van der Waals surface area (Å²) in [5.74, 6) is 1.96. The van der Waals surface area contributed by atoms with Crippen molar-refractivity contribution >= 4 is 11.6 Å². The molecule has 174 valence electrons. The molecule has 0 saturated heterocycles. The molecule has 2 aromatic carbocycles. The van der Waals surface area contributed by atoms with Gasteiger partial charge in [-0.1, -0.05) is 36.4 Å². The zero-order valence-corrected chi connectivity index (χ0v) is 19.3. The van der Waals surface area contributed by atoms with Crippen molar-refractivity contribution in [1.82, 2.24) is 15.5 Å². The highest BCUT2D eigenvalue weighted by atomic mass is 16.5. The van der Waals surface area contributed by atoms with Gasteiger partial charge in [-0.05, 0) is 48.9 Å². The van der Waals surface area contributed by atoms with Gasteiger partial charge in [0.15, 0.2) is 0 Å². The Morgan fingerprint density at radius 3 is 2.73 bits per heavy atom. The molecule has 0 spiro atoms. The van der Waals surface area contributed by atoms with Crippen LogP contribution in [0, 0.1) is 0 Å². The molecular weight excluding hydrogens is 416 g/mol. The molecule has 0 unspecified atom stereocenters. The first-order valence-corrected chi connectivity index (χ1v) is 11.8. The number of nitrogens with zero attached hydrogens (tertiary/aromatic N) is 3. The molecule has 0 atom stereocenters. The summed E-state index contributed by atoms with van der Waals surface area (Å²) >= 11 is 0. The number of aromatic nitrogens is 2. The molecule has 1 aliphatic rings. The number of nitrogens with one attached hydrogen (secondary N) is 1. The number of carbonyl (C=O) groups is 1. The van der Waals surface area contributed by atoms with Crippen molar-refractivity contribution in [2.45, 2.75) is 44.9 Å². The average molecular weight is 449 g/mol. The standard InChI is InChI=1S/C26H32N4O3/c1-32-23-12-5-3-9-21(23)13-15-25-28-29-26(33-25)16-14-24(31)27-17-7-19-30-18-6-10-20-8-2-4-11-22(20)30/h2-5,8-9,11-12H,6-7,10,13-19H2,1H3,(H,27,31). The van der Waals surface area contributed by atoms with Gasteiger partial charge in [-0.15, -0.1) is 10.2 Å². The number of anilines is 1. The maximum Gasteiger partial charge on any atom is 0.220 e. The molecule has 1 aliphatic heterocycles. The molecule has 1 amide bonds. The maximum atomic E-state index is 12.2. The highest BCUT2D eigenvalue weighted by Gasteiger charge is 2.15. The summed E-state index contributed by atoms with van der Waals surface area (Å²) in [6.45, 7) is 2.71. The van der Waals surface area contributed by atoms with E-state index in [0.717, 1.165) is 43.7 Å². The van der Waals surface area contributed by atoms with Gasteiger partial charge >= 0.3 is 0 Å². The quantitative estimate of drug-likeness (QED) is 0.450. The summed E-state index contributed by atoms with van der Waals surface area (Å²) < 4.78 is 11.1. The summed E-state index contributed by atoms with van der Waals surface area (Å²) in [5.41, 5.74) is 3.87. The number of aryl methyl sites for hydroxylation is 4. The number of methoxy groups -OCH3 is 1. The molecule has 0 aliphatic carbocycles. The first-order chi connectivity index (χ1) is 16.2. The fourth-order valence-electron chi connectivity index (χ4n) is 4.29. The van der Waals surface area contributed by atoms with E-state index in [4.69, 9.17) is 9.15 Å². The highest BCUT2D eigenvalue weighted by molar-refractivity contribution is 5.75. The van der Waals surface area contributed by atoms with Gasteiger partial charge in [0.25, 0.3) is 0 Å². The van der Waals surface area contributed by atoms with Gasteiger partial charge in [0.05, 0.1) is 7.11 Å². The van der Waals surface area contributed by atoms with Crippen LogP contribution in [0.5, 0.6) is 5.75 Å². The lowest BCUT2D eigenvalue weighted by molar-refractivity contribution is -0.121. The second-order valence-corrected chi connectivity index (χ2v) is 8.32. The van der Waals surface area contributed by atoms with Crippen molar-refractivity contribution < 1.29 is 13.9 Å². The van der Waals surface area contributed by atoms with Crippen molar-refractivity contribution in [2.75, 3.05) is 31.6 Å². The summed E-state index contributed by atoms with van der Waals surface area (Å²) in [5, 5.41) is 11.2. The van der Waals surface area contributed by atoms with Crippen LogP contribution >= 0.6 is 0 Å². The van der Waals surface area contributed by atoms with E-state index in [0.29, 0.717) is 37.6 Å². The van der Waals surface area contributed by atoms with E-state index in [2.05, 4.69) is 44.7 Å². The van der Waals surface area contributed by atoms with Crippen LogP contribution in [0.1, 0.15) is 42.2 Å². The Labute approximate surface area is 195 Å². The lowest BCUT2D eigenvalue weighted by atomic mass is 10.0. The fourth-order valence-corrected chi connectivity index (χ4v) is 4.29. The Morgan fingerprint density at radius 2 is 1.85 bits per heavy atom. The number of rotatable bonds is 11. The lowest BCUT2D eigenvalue weighted by Gasteiger charge is -2.31. The van der Waals surface area contributed by atoms with Crippen molar-refractivity contribution in [3.8, 4) is 5.75 Å². The van der Waals surface area contributed by atoms with Gasteiger partial charge in [-0.3, -0.25) is 4.79 Å². The van der Waals surface area contributed by atoms with Crippen LogP contribution in [0.4, 0.5) is 5.69 Å². The van der Waals surface area contributed by atoms with E-state index >= 15 is 0 Å². The molecule has 2 heterocycles. The zero-order chi connectivity index (χ0) is 22.9. The maximum absolute atomic E-state index is 12.2. The fraction of sp³-hybridized carbons (Fsp3) is 0.423. The number of hydrogen-bond donors (Lipinski definition) is 1. The van der Waals surface area contributed by atoms with Gasteiger partial charge < -0.3 is 19.4 Å². The van der Waals surface area contributed by atoms with E-state index in [-0.39, 0.29) is 5.91 Å². The molecule has 3 aromatic rings. The number of carbonyl (C=O) groups excluding carboxylic acids is 1. The molecule has 1 aromatic heterocycles. The van der Waals surface area contributed by atoms with Crippen LogP contribution in [-0.4, -0.2) is 42.8 Å². The third kappa shape index (κ3) is 6.34. The number of fused-ring (bicyclic) bond motifs is 1. The van der Waals surface area contributed by atoms with E-state index in [1.165, 1.54) is 17.7 Å². The Hall–Kier alpha value is -3.35. The second kappa shape index (κ2) is 11.5. The van der Waals surface area contributed by atoms with E-state index in [9.17, 15) is 4.79 Å². The van der Waals surface area contributed by atoms with Gasteiger partial charge in [-0.2, -0.15) is 0 Å². The van der Waals surface area contributed by atoms with Gasteiger partial charge in [-0.25, -0.2) is 0 Å². The largest absolute Gasteiger partial charge is 0.496 e. The zero-order valence-electron chi connectivity index (χ0n) is 19.3. The number of para-hydroxylation sites is 2. The van der Waals surface area contributed by atoms with Crippen LogP contribution < -0.4 is 15.0 Å². The van der Waals surface area contributed by atoms with Gasteiger partial charge in [0.2, 0.25) is 17.7 Å². The van der Waals surface area contributed by atoms with Gasteiger partial charge in [0, 0.05) is 44.6 Å². The molecule has 4 rings (SSSR count). The Balaban J connectivity index is 1.14. The van der Waals surface area contributed by atoms with Crippen LogP contribution in [0.15, 0.2) is 52.9 Å². The Bertz CT molecular complexity index is 1050. The predicted molar refractivity (Wildman–Crippen MR) is 128 cm³/mol. The average Bonchev–Trinajstić information content (AvgIpc) is 3.32. The molecule has 0 bridgehead atoms. The number of amides is 1. The van der Waals surface area contributed by atoms with Crippen molar-refractivity contribution in [1.29, 1.82) is 0 Å². The van der Waals surface area contributed by atoms with E-state index in [1.54, 1.807) is 7.11 Å². The van der Waals surface area contributed by atoms with E-state index in [1.807, 2.05) is 24.3 Å². The SMILES string of the molecule is COc1ccccc1CCc1nnc(CCC(=O)NCCCN2CCCc3ccccc32)o1. The first kappa shape index (κ1) is 22.8. The minimum absolute atomic E-state index is 0.0165. The van der Waals surface area contributed by atoms with Gasteiger partial charge in [0.1, 0.15) is 5.75 Å². The molecule has 1 N–H and O–H groups in total. The number of benzene rings is 2. The smallest absolute Gasteiger partial charge is 0.220 e. The normalized spacial score (nSPS) is 12.9. The van der Waals surface area contributed by atoms with E-state index < -0.39 is 0 Å². The summed E-state index contributed by atoms with van der Waals surface area (Å²) in [4.78, 5) is 14.7.